The van der Waals surface area contributed by atoms with Gasteiger partial charge in [-0.05, 0) is 18.3 Å². The zero-order valence-electron chi connectivity index (χ0n) is 9.12. The average Bonchev–Trinajstić information content (AvgIpc) is 2.89. The lowest BCUT2D eigenvalue weighted by atomic mass is 9.73. The summed E-state index contributed by atoms with van der Waals surface area (Å²) in [7, 11) is 0. The third-order valence-corrected chi connectivity index (χ3v) is 4.21. The molecule has 2 bridgehead atoms. The van der Waals surface area contributed by atoms with E-state index in [1.54, 1.807) is 0 Å². The van der Waals surface area contributed by atoms with E-state index in [2.05, 4.69) is 18.1 Å². The molecule has 0 radical (unpaired) electrons. The second-order valence-corrected chi connectivity index (χ2v) is 4.96. The van der Waals surface area contributed by atoms with E-state index in [-0.39, 0.29) is 12.2 Å². The quantitative estimate of drug-likeness (QED) is 0.558. The van der Waals surface area contributed by atoms with Crippen molar-refractivity contribution in [3.05, 3.63) is 24.3 Å². The van der Waals surface area contributed by atoms with Crippen LogP contribution in [0.2, 0.25) is 0 Å². The summed E-state index contributed by atoms with van der Waals surface area (Å²) in [5.41, 5.74) is 0. The molecule has 0 heterocycles. The van der Waals surface area contributed by atoms with E-state index in [9.17, 15) is 5.11 Å². The Morgan fingerprint density at radius 2 is 1.94 bits per heavy atom. The summed E-state index contributed by atoms with van der Waals surface area (Å²) in [5.74, 6) is 4.37. The van der Waals surface area contributed by atoms with Crippen molar-refractivity contribution in [1.82, 2.24) is 0 Å². The summed E-state index contributed by atoms with van der Waals surface area (Å²) in [6.07, 6.45) is 14.6. The van der Waals surface area contributed by atoms with Gasteiger partial charge in [-0.3, -0.25) is 0 Å². The van der Waals surface area contributed by atoms with E-state index >= 15 is 0 Å². The zero-order chi connectivity index (χ0) is 11.1. The Kier molecular flexibility index (Phi) is 2.38. The molecule has 1 saturated carbocycles. The van der Waals surface area contributed by atoms with Crippen LogP contribution in [0.5, 0.6) is 0 Å². The Morgan fingerprint density at radius 3 is 2.69 bits per heavy atom. The molecular weight excluding hydrogens is 200 g/mol. The highest BCUT2D eigenvalue weighted by Crippen LogP contribution is 2.53. The number of hydrogen-bond acceptors (Lipinski definition) is 2. The van der Waals surface area contributed by atoms with Gasteiger partial charge in [0.2, 0.25) is 0 Å². The van der Waals surface area contributed by atoms with E-state index in [0.717, 1.165) is 0 Å². The number of fused-ring (bicyclic) bond motifs is 5. The monoisotopic (exact) mass is 216 g/mol. The first-order valence-electron chi connectivity index (χ1n) is 5.91. The van der Waals surface area contributed by atoms with Crippen molar-refractivity contribution in [3.8, 4) is 12.3 Å². The topological polar surface area (TPSA) is 29.5 Å². The van der Waals surface area contributed by atoms with Gasteiger partial charge in [0, 0.05) is 11.8 Å². The second-order valence-electron chi connectivity index (χ2n) is 4.96. The summed E-state index contributed by atoms with van der Waals surface area (Å²) >= 11 is 0. The molecule has 0 aliphatic heterocycles. The van der Waals surface area contributed by atoms with Crippen molar-refractivity contribution in [2.45, 2.75) is 18.6 Å². The van der Waals surface area contributed by atoms with Crippen LogP contribution in [0.15, 0.2) is 24.3 Å². The van der Waals surface area contributed by atoms with Gasteiger partial charge in [-0.25, -0.2) is 0 Å². The van der Waals surface area contributed by atoms with Crippen LogP contribution in [-0.2, 0) is 4.74 Å². The van der Waals surface area contributed by atoms with E-state index in [4.69, 9.17) is 11.2 Å². The maximum atomic E-state index is 10.0. The highest BCUT2D eigenvalue weighted by atomic mass is 16.5. The maximum absolute atomic E-state index is 10.0. The summed E-state index contributed by atoms with van der Waals surface area (Å²) in [6.45, 7) is 0.357. The van der Waals surface area contributed by atoms with E-state index in [1.807, 2.05) is 12.2 Å². The standard InChI is InChI=1S/C14H16O2/c1-2-7-16-12-6-5-11(15)13-9-3-4-10(8-9)14(12)13/h1,3-6,9-15H,7-8H2/t9-,10+,11+,12-,13?,14?/m1/s1. The molecule has 0 saturated heterocycles. The minimum Gasteiger partial charge on any atom is -0.389 e. The molecule has 0 aromatic heterocycles. The van der Waals surface area contributed by atoms with Gasteiger partial charge >= 0.3 is 0 Å². The zero-order valence-corrected chi connectivity index (χ0v) is 9.12. The van der Waals surface area contributed by atoms with Gasteiger partial charge in [0.05, 0.1) is 12.2 Å². The number of rotatable bonds is 2. The summed E-state index contributed by atoms with van der Waals surface area (Å²) in [6, 6.07) is 0. The lowest BCUT2D eigenvalue weighted by Crippen LogP contribution is -2.41. The molecular formula is C14H16O2. The molecule has 0 amide bonds. The largest absolute Gasteiger partial charge is 0.389 e. The lowest BCUT2D eigenvalue weighted by Gasteiger charge is -2.38. The second kappa shape index (κ2) is 3.76. The molecule has 6 atom stereocenters. The van der Waals surface area contributed by atoms with Crippen LogP contribution in [0.3, 0.4) is 0 Å². The Morgan fingerprint density at radius 1 is 1.19 bits per heavy atom. The molecule has 84 valence electrons. The smallest absolute Gasteiger partial charge is 0.108 e. The van der Waals surface area contributed by atoms with Crippen molar-refractivity contribution in [3.63, 3.8) is 0 Å². The Hall–Kier alpha value is -1.04. The molecule has 1 N–H and O–H groups in total. The van der Waals surface area contributed by atoms with Crippen molar-refractivity contribution in [1.29, 1.82) is 0 Å². The summed E-state index contributed by atoms with van der Waals surface area (Å²) in [4.78, 5) is 0. The molecule has 2 unspecified atom stereocenters. The molecule has 1 fully saturated rings. The highest BCUT2D eigenvalue weighted by Gasteiger charge is 2.51. The van der Waals surface area contributed by atoms with E-state index < -0.39 is 0 Å². The van der Waals surface area contributed by atoms with Gasteiger partial charge in [0.15, 0.2) is 0 Å². The summed E-state index contributed by atoms with van der Waals surface area (Å²) < 4.78 is 5.68. The summed E-state index contributed by atoms with van der Waals surface area (Å²) in [5, 5.41) is 10.0. The van der Waals surface area contributed by atoms with Crippen LogP contribution in [0.1, 0.15) is 6.42 Å². The average molecular weight is 216 g/mol. The number of allylic oxidation sites excluding steroid dienone is 2. The fourth-order valence-corrected chi connectivity index (χ4v) is 3.63. The SMILES string of the molecule is C#CCO[C@@H]1C=C[C@H](O)C2C1[C@H]1C=C[C@@H]2C1. The molecule has 0 aromatic rings. The minimum absolute atomic E-state index is 0.0874. The first-order valence-corrected chi connectivity index (χ1v) is 5.91. The number of hydrogen-bond donors (Lipinski definition) is 1. The van der Waals surface area contributed by atoms with E-state index in [1.165, 1.54) is 6.42 Å². The van der Waals surface area contributed by atoms with Gasteiger partial charge < -0.3 is 9.84 Å². The van der Waals surface area contributed by atoms with Crippen LogP contribution in [0.4, 0.5) is 0 Å². The van der Waals surface area contributed by atoms with Crippen LogP contribution >= 0.6 is 0 Å². The van der Waals surface area contributed by atoms with Crippen LogP contribution in [0.25, 0.3) is 0 Å². The van der Waals surface area contributed by atoms with E-state index in [0.29, 0.717) is 30.3 Å². The third-order valence-electron chi connectivity index (χ3n) is 4.21. The highest BCUT2D eigenvalue weighted by molar-refractivity contribution is 5.22. The van der Waals surface area contributed by atoms with Crippen molar-refractivity contribution in [2.75, 3.05) is 6.61 Å². The minimum atomic E-state index is -0.310. The Balaban J connectivity index is 1.84. The first-order chi connectivity index (χ1) is 7.81. The molecule has 0 spiro atoms. The van der Waals surface area contributed by atoms with Gasteiger partial charge in [0.1, 0.15) is 6.61 Å². The maximum Gasteiger partial charge on any atom is 0.108 e. The predicted molar refractivity (Wildman–Crippen MR) is 61.4 cm³/mol. The van der Waals surface area contributed by atoms with Crippen molar-refractivity contribution in [2.24, 2.45) is 23.7 Å². The van der Waals surface area contributed by atoms with Crippen LogP contribution in [-0.4, -0.2) is 23.9 Å². The number of ether oxygens (including phenoxy) is 1. The van der Waals surface area contributed by atoms with Crippen LogP contribution in [0, 0.1) is 36.0 Å². The van der Waals surface area contributed by atoms with Crippen molar-refractivity contribution < 1.29 is 9.84 Å². The lowest BCUT2D eigenvalue weighted by molar-refractivity contribution is -0.00639. The Labute approximate surface area is 96.0 Å². The molecule has 3 aliphatic rings. The number of aliphatic hydroxyl groups is 1. The predicted octanol–water partition coefficient (Wildman–Crippen LogP) is 1.37. The first kappa shape index (κ1) is 10.1. The van der Waals surface area contributed by atoms with Crippen LogP contribution < -0.4 is 0 Å². The Bertz CT molecular complexity index is 377. The van der Waals surface area contributed by atoms with Gasteiger partial charge in [-0.1, -0.05) is 30.2 Å². The molecule has 0 aromatic carbocycles. The molecule has 16 heavy (non-hydrogen) atoms. The van der Waals surface area contributed by atoms with Gasteiger partial charge in [0.25, 0.3) is 0 Å². The molecule has 2 heteroatoms. The molecule has 3 rings (SSSR count). The normalized spacial score (nSPS) is 48.0. The number of terminal acetylenes is 1. The third kappa shape index (κ3) is 1.36. The molecule has 3 aliphatic carbocycles. The fraction of sp³-hybridized carbons (Fsp3) is 0.571. The fourth-order valence-electron chi connectivity index (χ4n) is 3.63. The van der Waals surface area contributed by atoms with Gasteiger partial charge in [-0.2, -0.15) is 0 Å². The van der Waals surface area contributed by atoms with Crippen molar-refractivity contribution >= 4 is 0 Å². The molecule has 2 nitrogen and oxygen atoms in total. The number of aliphatic hydroxyl groups excluding tert-OH is 1. The van der Waals surface area contributed by atoms with Gasteiger partial charge in [-0.15, -0.1) is 6.42 Å².